The Hall–Kier alpha value is -2.88. The van der Waals surface area contributed by atoms with Crippen molar-refractivity contribution in [3.8, 4) is 0 Å². The minimum atomic E-state index is -4.58. The molecule has 36 heavy (non-hydrogen) atoms. The number of nitrogens with zero attached hydrogens (tertiary/aromatic N) is 2. The molecule has 0 aromatic heterocycles. The summed E-state index contributed by atoms with van der Waals surface area (Å²) in [6.45, 7) is 5.63. The van der Waals surface area contributed by atoms with Crippen molar-refractivity contribution < 1.29 is 27.5 Å². The van der Waals surface area contributed by atoms with Crippen molar-refractivity contribution in [2.45, 2.75) is 57.8 Å². The fraction of sp³-hybridized carbons (Fsp3) is 0.577. The first-order chi connectivity index (χ1) is 17.1. The van der Waals surface area contributed by atoms with E-state index in [1.807, 2.05) is 18.9 Å². The molecule has 1 amide bonds. The maximum atomic E-state index is 13.2. The molecule has 1 aliphatic heterocycles. The third kappa shape index (κ3) is 6.87. The molecule has 2 fully saturated rings. The van der Waals surface area contributed by atoms with E-state index in [-0.39, 0.29) is 17.5 Å². The Labute approximate surface area is 210 Å². The van der Waals surface area contributed by atoms with E-state index < -0.39 is 29.6 Å². The molecule has 2 unspecified atom stereocenters. The first-order valence-corrected chi connectivity index (χ1v) is 12.3. The van der Waals surface area contributed by atoms with Crippen molar-refractivity contribution in [1.29, 1.82) is 0 Å². The van der Waals surface area contributed by atoms with Gasteiger partial charge < -0.3 is 25.5 Å². The first-order valence-electron chi connectivity index (χ1n) is 12.3. The highest BCUT2D eigenvalue weighted by Gasteiger charge is 2.42. The topological polar surface area (TPSA) is 97.0 Å². The Balaban J connectivity index is 1.95. The summed E-state index contributed by atoms with van der Waals surface area (Å²) in [5, 5.41) is 2.68. The van der Waals surface area contributed by atoms with E-state index in [2.05, 4.69) is 5.32 Å². The maximum Gasteiger partial charge on any atom is 0.416 e. The largest absolute Gasteiger partial charge is 0.416 e. The van der Waals surface area contributed by atoms with E-state index >= 15 is 0 Å². The number of likely N-dealkylation sites (N-methyl/N-ethyl adjacent to an activating group) is 1. The molecular weight excluding hydrogens is 473 g/mol. The molecule has 3 N–H and O–H groups in total. The lowest BCUT2D eigenvalue weighted by atomic mass is 9.84. The van der Waals surface area contributed by atoms with Gasteiger partial charge in [-0.3, -0.25) is 9.79 Å². The van der Waals surface area contributed by atoms with Gasteiger partial charge in [-0.1, -0.05) is 6.07 Å². The van der Waals surface area contributed by atoms with Gasteiger partial charge in [-0.05, 0) is 63.6 Å². The van der Waals surface area contributed by atoms with Gasteiger partial charge in [0.05, 0.1) is 17.6 Å². The van der Waals surface area contributed by atoms with Crippen molar-refractivity contribution in [3.05, 3.63) is 46.7 Å². The molecule has 0 radical (unpaired) electrons. The van der Waals surface area contributed by atoms with Crippen LogP contribution in [0.15, 0.2) is 40.5 Å². The van der Waals surface area contributed by atoms with E-state index in [0.717, 1.165) is 37.8 Å². The van der Waals surface area contributed by atoms with E-state index in [9.17, 15) is 22.8 Å². The second-order valence-electron chi connectivity index (χ2n) is 9.48. The number of halogens is 3. The van der Waals surface area contributed by atoms with Crippen LogP contribution < -0.4 is 11.1 Å². The van der Waals surface area contributed by atoms with E-state index in [1.54, 1.807) is 6.92 Å². The molecule has 0 spiro atoms. The number of nitrogens with two attached hydrogens (primary N) is 1. The lowest BCUT2D eigenvalue weighted by Gasteiger charge is -2.33. The number of amidine groups is 1. The van der Waals surface area contributed by atoms with Crippen LogP contribution >= 0.6 is 0 Å². The number of rotatable bonds is 9. The highest BCUT2D eigenvalue weighted by Crippen LogP contribution is 2.43. The Morgan fingerprint density at radius 3 is 2.47 bits per heavy atom. The van der Waals surface area contributed by atoms with Crippen LogP contribution in [0.3, 0.4) is 0 Å². The fourth-order valence-corrected chi connectivity index (χ4v) is 4.54. The monoisotopic (exact) mass is 508 g/mol. The number of hydrogen-bond acceptors (Lipinski definition) is 5. The van der Waals surface area contributed by atoms with Crippen LogP contribution in [0.1, 0.15) is 55.5 Å². The number of ether oxygens (including phenoxy) is 1. The number of hydrogen-bond donors (Lipinski definition) is 2. The molecule has 1 aromatic rings. The number of nitrogens with one attached hydrogen (secondary N) is 1. The molecule has 1 heterocycles. The highest BCUT2D eigenvalue weighted by molar-refractivity contribution is 6.01. The van der Waals surface area contributed by atoms with Gasteiger partial charge in [0.25, 0.3) is 5.91 Å². The molecule has 198 valence electrons. The third-order valence-electron chi connectivity index (χ3n) is 6.74. The number of carbonyl (C=O) groups is 2. The summed E-state index contributed by atoms with van der Waals surface area (Å²) in [6, 6.07) is 3.24. The highest BCUT2D eigenvalue weighted by atomic mass is 19.4. The van der Waals surface area contributed by atoms with Crippen LogP contribution in [0.5, 0.6) is 0 Å². The van der Waals surface area contributed by atoms with Gasteiger partial charge in [0, 0.05) is 49.6 Å². The summed E-state index contributed by atoms with van der Waals surface area (Å²) < 4.78 is 44.9. The van der Waals surface area contributed by atoms with Crippen molar-refractivity contribution in [3.63, 3.8) is 0 Å². The number of carbonyl (C=O) groups excluding carboxylic acids is 2. The van der Waals surface area contributed by atoms with Gasteiger partial charge in [0.2, 0.25) is 0 Å². The molecule has 2 aliphatic rings. The lowest BCUT2D eigenvalue weighted by Crippen LogP contribution is -2.46. The standard InChI is InChI=1S/C26H35F3N4O3/c1-4-33(3)24(31-20-10-12-36-13-11-20)22(16(2)30)23(17-8-9-17)21(15-34)32-25(35)18-6-5-7-19(14-18)26(27,28)29/h5-7,14-15,17,20-21,23H,4,8-13,30H2,1-3H3,(H,32,35)/b22-16-,31-24?. The molecule has 1 aromatic carbocycles. The predicted molar refractivity (Wildman–Crippen MR) is 131 cm³/mol. The number of benzene rings is 1. The van der Waals surface area contributed by atoms with Gasteiger partial charge in [-0.25, -0.2) is 0 Å². The van der Waals surface area contributed by atoms with Crippen LogP contribution in [0.2, 0.25) is 0 Å². The van der Waals surface area contributed by atoms with Gasteiger partial charge in [0.15, 0.2) is 0 Å². The van der Waals surface area contributed by atoms with Crippen LogP contribution in [0, 0.1) is 11.8 Å². The first kappa shape index (κ1) is 27.7. The fourth-order valence-electron chi connectivity index (χ4n) is 4.54. The molecular formula is C26H35F3N4O3. The number of aldehydes is 1. The van der Waals surface area contributed by atoms with Crippen LogP contribution in [0.25, 0.3) is 0 Å². The minimum Gasteiger partial charge on any atom is -0.402 e. The molecule has 3 rings (SSSR count). The summed E-state index contributed by atoms with van der Waals surface area (Å²) >= 11 is 0. The summed E-state index contributed by atoms with van der Waals surface area (Å²) in [7, 11) is 1.90. The zero-order chi connectivity index (χ0) is 26.5. The Morgan fingerprint density at radius 1 is 1.28 bits per heavy atom. The summed E-state index contributed by atoms with van der Waals surface area (Å²) in [5.74, 6) is -0.415. The molecule has 1 aliphatic carbocycles. The van der Waals surface area contributed by atoms with Gasteiger partial charge in [-0.2, -0.15) is 13.2 Å². The predicted octanol–water partition coefficient (Wildman–Crippen LogP) is 3.79. The van der Waals surface area contributed by atoms with Crippen molar-refractivity contribution in [2.24, 2.45) is 22.6 Å². The SMILES string of the molecule is CCN(C)C(=NC1CCOCC1)/C(=C(/C)N)C(C1CC1)C(C=O)NC(=O)c1cccc(C(F)(F)F)c1. The van der Waals surface area contributed by atoms with Crippen LogP contribution in [-0.2, 0) is 15.7 Å². The van der Waals surface area contributed by atoms with Crippen LogP contribution in [-0.4, -0.2) is 61.8 Å². The van der Waals surface area contributed by atoms with Crippen molar-refractivity contribution >= 4 is 18.0 Å². The number of alkyl halides is 3. The molecule has 1 saturated heterocycles. The second-order valence-corrected chi connectivity index (χ2v) is 9.48. The Morgan fingerprint density at radius 2 is 1.94 bits per heavy atom. The zero-order valence-corrected chi connectivity index (χ0v) is 21.0. The summed E-state index contributed by atoms with van der Waals surface area (Å²) in [6.07, 6.45) is -0.679. The average molecular weight is 509 g/mol. The number of amides is 1. The summed E-state index contributed by atoms with van der Waals surface area (Å²) in [5.41, 5.74) is 6.51. The van der Waals surface area contributed by atoms with Crippen LogP contribution in [0.4, 0.5) is 13.2 Å². The number of aliphatic imine (C=N–C) groups is 1. The van der Waals surface area contributed by atoms with Crippen molar-refractivity contribution in [2.75, 3.05) is 26.8 Å². The Kier molecular flexibility index (Phi) is 9.16. The minimum absolute atomic E-state index is 0.0475. The smallest absolute Gasteiger partial charge is 0.402 e. The average Bonchev–Trinajstić information content (AvgIpc) is 3.69. The third-order valence-corrected chi connectivity index (χ3v) is 6.74. The normalized spacial score (nSPS) is 19.8. The van der Waals surface area contributed by atoms with Crippen molar-refractivity contribution in [1.82, 2.24) is 10.2 Å². The molecule has 10 heteroatoms. The number of allylic oxidation sites excluding steroid dienone is 1. The zero-order valence-electron chi connectivity index (χ0n) is 21.0. The molecule has 0 bridgehead atoms. The maximum absolute atomic E-state index is 13.2. The Bertz CT molecular complexity index is 994. The summed E-state index contributed by atoms with van der Waals surface area (Å²) in [4.78, 5) is 32.3. The van der Waals surface area contributed by atoms with Gasteiger partial charge in [0.1, 0.15) is 12.1 Å². The van der Waals surface area contributed by atoms with Gasteiger partial charge >= 0.3 is 6.18 Å². The van der Waals surface area contributed by atoms with E-state index in [4.69, 9.17) is 15.5 Å². The van der Waals surface area contributed by atoms with Gasteiger partial charge in [-0.15, -0.1) is 0 Å². The molecule has 7 nitrogen and oxygen atoms in total. The molecule has 1 saturated carbocycles. The lowest BCUT2D eigenvalue weighted by molar-refractivity contribution is -0.137. The van der Waals surface area contributed by atoms with E-state index in [0.29, 0.717) is 43.2 Å². The second kappa shape index (κ2) is 11.9. The van der Waals surface area contributed by atoms with E-state index in [1.165, 1.54) is 12.1 Å². The molecule has 2 atom stereocenters. The quantitative estimate of drug-likeness (QED) is 0.301.